The highest BCUT2D eigenvalue weighted by Gasteiger charge is 2.23. The highest BCUT2D eigenvalue weighted by atomic mass is 32.2. The lowest BCUT2D eigenvalue weighted by atomic mass is 10.1. The molecule has 1 aromatic heterocycles. The monoisotopic (exact) mass is 606 g/mol. The van der Waals surface area contributed by atoms with Crippen molar-refractivity contribution in [1.82, 2.24) is 4.98 Å². The van der Waals surface area contributed by atoms with E-state index in [1.54, 1.807) is 12.1 Å². The second-order valence-corrected chi connectivity index (χ2v) is 12.5. The molecular weight excluding hydrogens is 568 g/mol. The summed E-state index contributed by atoms with van der Waals surface area (Å²) in [5.41, 5.74) is 3.67. The first-order valence-corrected chi connectivity index (χ1v) is 15.5. The van der Waals surface area contributed by atoms with Crippen molar-refractivity contribution in [2.45, 2.75) is 38.2 Å². The van der Waals surface area contributed by atoms with Crippen LogP contribution < -0.4 is 4.90 Å². The van der Waals surface area contributed by atoms with Gasteiger partial charge in [0.1, 0.15) is 5.60 Å². The summed E-state index contributed by atoms with van der Waals surface area (Å²) in [7, 11) is -3.83. The molecule has 0 spiro atoms. The fraction of sp³-hybridized carbons (Fsp3) is 0.333. The Kier molecular flexibility index (Phi) is 10.9. The summed E-state index contributed by atoms with van der Waals surface area (Å²) < 4.78 is 46.3. The maximum atomic E-state index is 13.0. The van der Waals surface area contributed by atoms with Gasteiger partial charge in [-0.05, 0) is 64.1 Å². The predicted octanol–water partition coefficient (Wildman–Crippen LogP) is 6.39. The number of carbonyl (C=O) groups excluding carboxylic acids is 1. The van der Waals surface area contributed by atoms with Crippen LogP contribution in [-0.4, -0.2) is 64.7 Å². The van der Waals surface area contributed by atoms with Gasteiger partial charge in [0.15, 0.2) is 0 Å². The normalized spacial score (nSPS) is 11.9. The van der Waals surface area contributed by atoms with E-state index in [0.717, 1.165) is 27.7 Å². The molecule has 0 bridgehead atoms. The lowest BCUT2D eigenvalue weighted by Gasteiger charge is -2.27. The largest absolute Gasteiger partial charge is 0.443 e. The van der Waals surface area contributed by atoms with E-state index in [2.05, 4.69) is 0 Å². The SMILES string of the molecule is Cc1ccc(S(=O)(=O)OCCOCCOCCN(C(=O)OC(C)(C)C)c2ccc(-c3ccc4ccccc4n3)cc2)cc1. The molecule has 3 aromatic carbocycles. The number of carbonyl (C=O) groups is 1. The summed E-state index contributed by atoms with van der Waals surface area (Å²) in [5, 5.41) is 1.07. The van der Waals surface area contributed by atoms with Crippen molar-refractivity contribution in [1.29, 1.82) is 0 Å². The maximum Gasteiger partial charge on any atom is 0.414 e. The molecule has 1 heterocycles. The number of para-hydroxylation sites is 1. The molecule has 9 nitrogen and oxygen atoms in total. The van der Waals surface area contributed by atoms with Crippen molar-refractivity contribution in [3.05, 3.63) is 90.5 Å². The minimum atomic E-state index is -3.83. The number of fused-ring (bicyclic) bond motifs is 1. The topological polar surface area (TPSA) is 104 Å². The standard InChI is InChI=1S/C33H38N2O7S/c1-25-9-16-29(17-10-25)43(37,38)41-24-23-40-22-21-39-20-19-35(32(36)42-33(2,3)4)28-14-11-27(12-15-28)31-18-13-26-7-5-6-8-30(26)34-31/h5-18H,19-24H2,1-4H3. The van der Waals surface area contributed by atoms with Crippen molar-refractivity contribution in [3.63, 3.8) is 0 Å². The minimum absolute atomic E-state index is 0.0941. The van der Waals surface area contributed by atoms with Crippen LogP contribution in [0.5, 0.6) is 0 Å². The molecule has 4 rings (SSSR count). The number of hydrogen-bond donors (Lipinski definition) is 0. The van der Waals surface area contributed by atoms with Gasteiger partial charge >= 0.3 is 6.09 Å². The fourth-order valence-electron chi connectivity index (χ4n) is 4.14. The van der Waals surface area contributed by atoms with Crippen molar-refractivity contribution in [3.8, 4) is 11.3 Å². The number of hydrogen-bond acceptors (Lipinski definition) is 8. The van der Waals surface area contributed by atoms with E-state index in [1.165, 1.54) is 17.0 Å². The molecule has 0 radical (unpaired) electrons. The van der Waals surface area contributed by atoms with Gasteiger partial charge in [0.05, 0.1) is 55.7 Å². The highest BCUT2D eigenvalue weighted by Crippen LogP contribution is 2.25. The van der Waals surface area contributed by atoms with Crippen LogP contribution in [0, 0.1) is 6.92 Å². The van der Waals surface area contributed by atoms with E-state index in [-0.39, 0.29) is 44.5 Å². The Balaban J connectivity index is 1.26. The van der Waals surface area contributed by atoms with Gasteiger partial charge in [-0.2, -0.15) is 8.42 Å². The van der Waals surface area contributed by atoms with Gasteiger partial charge in [-0.1, -0.05) is 54.1 Å². The van der Waals surface area contributed by atoms with Gasteiger partial charge in [-0.25, -0.2) is 9.78 Å². The van der Waals surface area contributed by atoms with E-state index in [1.807, 2.05) is 88.4 Å². The zero-order valence-corrected chi connectivity index (χ0v) is 25.8. The lowest BCUT2D eigenvalue weighted by Crippen LogP contribution is -2.39. The molecule has 0 atom stereocenters. The Morgan fingerprint density at radius 3 is 2.14 bits per heavy atom. The quantitative estimate of drug-likeness (QED) is 0.127. The number of rotatable bonds is 13. The Morgan fingerprint density at radius 2 is 1.44 bits per heavy atom. The van der Waals surface area contributed by atoms with Gasteiger partial charge in [-0.3, -0.25) is 9.08 Å². The van der Waals surface area contributed by atoms with Crippen LogP contribution in [0.15, 0.2) is 89.8 Å². The van der Waals surface area contributed by atoms with Crippen LogP contribution >= 0.6 is 0 Å². The molecular formula is C33H38N2O7S. The molecule has 0 unspecified atom stereocenters. The number of nitrogens with zero attached hydrogens (tertiary/aromatic N) is 2. The molecule has 4 aromatic rings. The van der Waals surface area contributed by atoms with Crippen LogP contribution in [0.3, 0.4) is 0 Å². The number of amides is 1. The second kappa shape index (κ2) is 14.6. The summed E-state index contributed by atoms with van der Waals surface area (Å²) in [4.78, 5) is 19.4. The number of aromatic nitrogens is 1. The molecule has 1 amide bonds. The van der Waals surface area contributed by atoms with E-state index >= 15 is 0 Å². The molecule has 0 saturated heterocycles. The third kappa shape index (κ3) is 9.59. The molecule has 0 N–H and O–H groups in total. The number of anilines is 1. The number of ether oxygens (including phenoxy) is 3. The lowest BCUT2D eigenvalue weighted by molar-refractivity contribution is 0.0364. The summed E-state index contributed by atoms with van der Waals surface area (Å²) in [5.74, 6) is 0. The molecule has 0 aliphatic heterocycles. The summed E-state index contributed by atoms with van der Waals surface area (Å²) in [6.45, 7) is 8.35. The Morgan fingerprint density at radius 1 is 0.791 bits per heavy atom. The minimum Gasteiger partial charge on any atom is -0.443 e. The first kappa shape index (κ1) is 32.1. The molecule has 43 heavy (non-hydrogen) atoms. The molecule has 0 aliphatic rings. The van der Waals surface area contributed by atoms with Crippen molar-refractivity contribution in [2.75, 3.05) is 44.5 Å². The van der Waals surface area contributed by atoms with E-state index in [0.29, 0.717) is 5.69 Å². The Bertz CT molecular complexity index is 1600. The maximum absolute atomic E-state index is 13.0. The average Bonchev–Trinajstić information content (AvgIpc) is 2.97. The van der Waals surface area contributed by atoms with Gasteiger partial charge in [-0.15, -0.1) is 0 Å². The van der Waals surface area contributed by atoms with E-state index < -0.39 is 21.8 Å². The fourth-order valence-corrected chi connectivity index (χ4v) is 5.03. The number of aryl methyl sites for hydroxylation is 1. The average molecular weight is 607 g/mol. The van der Waals surface area contributed by atoms with Gasteiger partial charge in [0.2, 0.25) is 0 Å². The highest BCUT2D eigenvalue weighted by molar-refractivity contribution is 7.86. The van der Waals surface area contributed by atoms with Crippen molar-refractivity contribution < 1.29 is 31.6 Å². The van der Waals surface area contributed by atoms with Crippen LogP contribution in [-0.2, 0) is 28.5 Å². The summed E-state index contributed by atoms with van der Waals surface area (Å²) >= 11 is 0. The van der Waals surface area contributed by atoms with Gasteiger partial charge < -0.3 is 14.2 Å². The van der Waals surface area contributed by atoms with Gasteiger partial charge in [0, 0.05) is 16.6 Å². The molecule has 0 aliphatic carbocycles. The van der Waals surface area contributed by atoms with Crippen molar-refractivity contribution >= 4 is 32.8 Å². The van der Waals surface area contributed by atoms with Gasteiger partial charge in [0.25, 0.3) is 10.1 Å². The number of pyridine rings is 1. The van der Waals surface area contributed by atoms with E-state index in [9.17, 15) is 13.2 Å². The molecule has 10 heteroatoms. The molecule has 228 valence electrons. The predicted molar refractivity (Wildman–Crippen MR) is 167 cm³/mol. The summed E-state index contributed by atoms with van der Waals surface area (Å²) in [6, 6.07) is 26.0. The Hall–Kier alpha value is -3.83. The van der Waals surface area contributed by atoms with Crippen molar-refractivity contribution in [2.24, 2.45) is 0 Å². The molecule has 0 fully saturated rings. The summed E-state index contributed by atoms with van der Waals surface area (Å²) in [6.07, 6.45) is -0.476. The zero-order valence-electron chi connectivity index (χ0n) is 25.0. The third-order valence-electron chi connectivity index (χ3n) is 6.29. The van der Waals surface area contributed by atoms with Crippen LogP contribution in [0.25, 0.3) is 22.2 Å². The first-order valence-electron chi connectivity index (χ1n) is 14.1. The first-order chi connectivity index (χ1) is 20.5. The zero-order chi connectivity index (χ0) is 30.9. The molecule has 0 saturated carbocycles. The number of benzene rings is 3. The third-order valence-corrected chi connectivity index (χ3v) is 7.62. The second-order valence-electron chi connectivity index (χ2n) is 10.9. The smallest absolute Gasteiger partial charge is 0.414 e. The van der Waals surface area contributed by atoms with Crippen LogP contribution in [0.2, 0.25) is 0 Å². The van der Waals surface area contributed by atoms with Crippen LogP contribution in [0.4, 0.5) is 10.5 Å². The van der Waals surface area contributed by atoms with E-state index in [4.69, 9.17) is 23.4 Å². The van der Waals surface area contributed by atoms with Crippen LogP contribution in [0.1, 0.15) is 26.3 Å². The Labute approximate surface area is 253 Å².